The molecule has 0 fully saturated rings. The number of aliphatic hydroxyl groups excluding tert-OH is 2. The highest BCUT2D eigenvalue weighted by atomic mass is 16.5. The summed E-state index contributed by atoms with van der Waals surface area (Å²) in [6.45, 7) is 6.90. The summed E-state index contributed by atoms with van der Waals surface area (Å²) < 4.78 is 5.55. The molecule has 0 saturated heterocycles. The Morgan fingerprint density at radius 2 is 1.65 bits per heavy atom. The Bertz CT molecular complexity index is 361. The van der Waals surface area contributed by atoms with Crippen LogP contribution < -0.4 is 4.74 Å². The summed E-state index contributed by atoms with van der Waals surface area (Å²) in [6.07, 6.45) is 1.85. The van der Waals surface area contributed by atoms with Crippen molar-refractivity contribution in [3.05, 3.63) is 29.8 Å². The molecule has 0 saturated carbocycles. The topological polar surface area (TPSA) is 49.7 Å². The summed E-state index contributed by atoms with van der Waals surface area (Å²) in [5, 5.41) is 19.8. The fourth-order valence-corrected chi connectivity index (χ4v) is 2.26. The molecule has 1 aromatic rings. The quantitative estimate of drug-likeness (QED) is 0.728. The van der Waals surface area contributed by atoms with Gasteiger partial charge in [-0.3, -0.25) is 0 Å². The van der Waals surface area contributed by atoms with Gasteiger partial charge >= 0.3 is 0 Å². The number of ether oxygens (including phenoxy) is 1. The fraction of sp³-hybridized carbons (Fsp3) is 0.647. The molecule has 3 atom stereocenters. The van der Waals surface area contributed by atoms with Crippen LogP contribution in [-0.4, -0.2) is 29.0 Å². The van der Waals surface area contributed by atoms with Crippen molar-refractivity contribution in [2.45, 2.75) is 64.6 Å². The molecule has 3 heteroatoms. The first kappa shape index (κ1) is 17.0. The lowest BCUT2D eigenvalue weighted by atomic mass is 9.92. The second-order valence-corrected chi connectivity index (χ2v) is 5.48. The van der Waals surface area contributed by atoms with Crippen molar-refractivity contribution in [1.29, 1.82) is 0 Å². The van der Waals surface area contributed by atoms with E-state index < -0.39 is 12.2 Å². The maximum absolute atomic E-state index is 9.98. The second kappa shape index (κ2) is 8.98. The molecule has 3 unspecified atom stereocenters. The van der Waals surface area contributed by atoms with Gasteiger partial charge in [0.05, 0.1) is 18.8 Å². The summed E-state index contributed by atoms with van der Waals surface area (Å²) in [4.78, 5) is 0. The minimum absolute atomic E-state index is 0.219. The SMILES string of the molecule is CCCOc1ccc(C(C)CC(O)C(O)CCC)cc1. The lowest BCUT2D eigenvalue weighted by Gasteiger charge is -2.21. The summed E-state index contributed by atoms with van der Waals surface area (Å²) in [5.74, 6) is 1.10. The Hall–Kier alpha value is -1.06. The fourth-order valence-electron chi connectivity index (χ4n) is 2.26. The largest absolute Gasteiger partial charge is 0.494 e. The van der Waals surface area contributed by atoms with Crippen LogP contribution in [0.25, 0.3) is 0 Å². The molecule has 114 valence electrons. The van der Waals surface area contributed by atoms with Crippen LogP contribution in [-0.2, 0) is 0 Å². The van der Waals surface area contributed by atoms with Crippen LogP contribution in [0.4, 0.5) is 0 Å². The maximum Gasteiger partial charge on any atom is 0.119 e. The second-order valence-electron chi connectivity index (χ2n) is 5.48. The van der Waals surface area contributed by atoms with E-state index in [9.17, 15) is 10.2 Å². The summed E-state index contributed by atoms with van der Waals surface area (Å²) in [7, 11) is 0. The molecule has 0 heterocycles. The number of benzene rings is 1. The van der Waals surface area contributed by atoms with Crippen molar-refractivity contribution in [1.82, 2.24) is 0 Å². The molecule has 20 heavy (non-hydrogen) atoms. The maximum atomic E-state index is 9.98. The third-order valence-electron chi connectivity index (χ3n) is 3.55. The molecule has 0 aliphatic carbocycles. The zero-order valence-electron chi connectivity index (χ0n) is 12.9. The molecular weight excluding hydrogens is 252 g/mol. The third kappa shape index (κ3) is 5.51. The Kier molecular flexibility index (Phi) is 7.63. The lowest BCUT2D eigenvalue weighted by molar-refractivity contribution is 0.00637. The number of rotatable bonds is 9. The van der Waals surface area contributed by atoms with Gasteiger partial charge in [0.1, 0.15) is 5.75 Å². The van der Waals surface area contributed by atoms with Crippen molar-refractivity contribution < 1.29 is 14.9 Å². The van der Waals surface area contributed by atoms with Gasteiger partial charge in [-0.25, -0.2) is 0 Å². The van der Waals surface area contributed by atoms with Gasteiger partial charge in [-0.2, -0.15) is 0 Å². The molecule has 1 aromatic carbocycles. The van der Waals surface area contributed by atoms with Gasteiger partial charge in [-0.1, -0.05) is 39.3 Å². The van der Waals surface area contributed by atoms with E-state index in [0.29, 0.717) is 12.8 Å². The van der Waals surface area contributed by atoms with Crippen LogP contribution in [0.1, 0.15) is 57.9 Å². The highest BCUT2D eigenvalue weighted by molar-refractivity contribution is 5.29. The van der Waals surface area contributed by atoms with Crippen LogP contribution in [0.3, 0.4) is 0 Å². The smallest absolute Gasteiger partial charge is 0.119 e. The van der Waals surface area contributed by atoms with E-state index in [0.717, 1.165) is 30.8 Å². The Balaban J connectivity index is 2.52. The first-order valence-electron chi connectivity index (χ1n) is 7.67. The number of aliphatic hydroxyl groups is 2. The molecule has 3 nitrogen and oxygen atoms in total. The highest BCUT2D eigenvalue weighted by Gasteiger charge is 2.19. The van der Waals surface area contributed by atoms with Gasteiger partial charge in [0.25, 0.3) is 0 Å². The molecular formula is C17H28O3. The Morgan fingerprint density at radius 3 is 2.20 bits per heavy atom. The minimum atomic E-state index is -0.652. The van der Waals surface area contributed by atoms with Gasteiger partial charge in [-0.15, -0.1) is 0 Å². The van der Waals surface area contributed by atoms with Crippen LogP contribution >= 0.6 is 0 Å². The van der Waals surface area contributed by atoms with Crippen molar-refractivity contribution in [2.75, 3.05) is 6.61 Å². The van der Waals surface area contributed by atoms with Crippen molar-refractivity contribution >= 4 is 0 Å². The first-order valence-corrected chi connectivity index (χ1v) is 7.67. The van der Waals surface area contributed by atoms with Crippen LogP contribution in [0.15, 0.2) is 24.3 Å². The van der Waals surface area contributed by atoms with E-state index in [1.54, 1.807) is 0 Å². The first-order chi connectivity index (χ1) is 9.58. The van der Waals surface area contributed by atoms with Gasteiger partial charge in [0, 0.05) is 0 Å². The Morgan fingerprint density at radius 1 is 1.00 bits per heavy atom. The molecule has 0 aromatic heterocycles. The lowest BCUT2D eigenvalue weighted by Crippen LogP contribution is -2.27. The molecule has 2 N–H and O–H groups in total. The third-order valence-corrected chi connectivity index (χ3v) is 3.55. The molecule has 0 aliphatic rings. The molecule has 0 aliphatic heterocycles. The van der Waals surface area contributed by atoms with Crippen LogP contribution in [0.5, 0.6) is 5.75 Å². The average Bonchev–Trinajstić information content (AvgIpc) is 2.45. The van der Waals surface area contributed by atoms with E-state index in [1.807, 2.05) is 31.2 Å². The van der Waals surface area contributed by atoms with E-state index in [-0.39, 0.29) is 5.92 Å². The molecule has 0 spiro atoms. The zero-order valence-corrected chi connectivity index (χ0v) is 12.9. The number of hydrogen-bond donors (Lipinski definition) is 2. The van der Waals surface area contributed by atoms with Gasteiger partial charge in [0.15, 0.2) is 0 Å². The number of hydrogen-bond acceptors (Lipinski definition) is 3. The van der Waals surface area contributed by atoms with E-state index in [4.69, 9.17) is 4.74 Å². The predicted molar refractivity (Wildman–Crippen MR) is 82.2 cm³/mol. The van der Waals surface area contributed by atoms with Gasteiger partial charge < -0.3 is 14.9 Å². The van der Waals surface area contributed by atoms with E-state index in [2.05, 4.69) is 13.8 Å². The zero-order chi connectivity index (χ0) is 15.0. The predicted octanol–water partition coefficient (Wildman–Crippen LogP) is 3.49. The summed E-state index contributed by atoms with van der Waals surface area (Å²) in [5.41, 5.74) is 1.16. The van der Waals surface area contributed by atoms with Crippen molar-refractivity contribution in [2.24, 2.45) is 0 Å². The molecule has 0 radical (unpaired) electrons. The van der Waals surface area contributed by atoms with Crippen molar-refractivity contribution in [3.8, 4) is 5.75 Å². The van der Waals surface area contributed by atoms with E-state index in [1.165, 1.54) is 0 Å². The summed E-state index contributed by atoms with van der Waals surface area (Å²) >= 11 is 0. The highest BCUT2D eigenvalue weighted by Crippen LogP contribution is 2.24. The molecule has 0 bridgehead atoms. The minimum Gasteiger partial charge on any atom is -0.494 e. The molecule has 1 rings (SSSR count). The van der Waals surface area contributed by atoms with Crippen LogP contribution in [0, 0.1) is 0 Å². The van der Waals surface area contributed by atoms with Crippen LogP contribution in [0.2, 0.25) is 0 Å². The van der Waals surface area contributed by atoms with E-state index >= 15 is 0 Å². The normalized spacial score (nSPS) is 15.7. The average molecular weight is 280 g/mol. The molecule has 0 amide bonds. The Labute approximate surface area is 122 Å². The van der Waals surface area contributed by atoms with Gasteiger partial charge in [0.2, 0.25) is 0 Å². The summed E-state index contributed by atoms with van der Waals surface area (Å²) in [6, 6.07) is 8.01. The monoisotopic (exact) mass is 280 g/mol. The van der Waals surface area contributed by atoms with Crippen molar-refractivity contribution in [3.63, 3.8) is 0 Å². The van der Waals surface area contributed by atoms with Gasteiger partial charge in [-0.05, 0) is 42.9 Å². The standard InChI is InChI=1S/C17H28O3/c1-4-6-16(18)17(19)12-13(3)14-7-9-15(10-8-14)20-11-5-2/h7-10,13,16-19H,4-6,11-12H2,1-3H3.